The maximum absolute atomic E-state index is 12.7. The Balaban J connectivity index is 2.18. The fraction of sp³-hybridized carbons (Fsp3) is 0.235. The summed E-state index contributed by atoms with van der Waals surface area (Å²) in [4.78, 5) is 38.9. The van der Waals surface area contributed by atoms with Gasteiger partial charge in [0.1, 0.15) is 5.65 Å². The first kappa shape index (κ1) is 17.7. The summed E-state index contributed by atoms with van der Waals surface area (Å²) in [6.07, 6.45) is -4.37. The molecule has 0 aliphatic carbocycles. The monoisotopic (exact) mass is 365 g/mol. The maximum Gasteiger partial charge on any atom is 0.416 e. The van der Waals surface area contributed by atoms with E-state index in [1.165, 1.54) is 32.3 Å². The predicted octanol–water partition coefficient (Wildman–Crippen LogP) is 1.54. The number of halogens is 3. The van der Waals surface area contributed by atoms with Gasteiger partial charge in [-0.25, -0.2) is 4.79 Å². The zero-order valence-electron chi connectivity index (χ0n) is 13.8. The summed E-state index contributed by atoms with van der Waals surface area (Å²) < 4.78 is 40.1. The number of aromatic nitrogens is 3. The molecule has 0 saturated carbocycles. The molecule has 0 atom stereocenters. The number of pyridine rings is 1. The Labute approximate surface area is 144 Å². The zero-order chi connectivity index (χ0) is 19.2. The highest BCUT2D eigenvalue weighted by atomic mass is 19.4. The van der Waals surface area contributed by atoms with Crippen LogP contribution in [0.25, 0.3) is 11.0 Å². The van der Waals surface area contributed by atoms with Gasteiger partial charge < -0.3 is 4.98 Å². The molecule has 1 aromatic carbocycles. The van der Waals surface area contributed by atoms with Gasteiger partial charge in [-0.05, 0) is 29.7 Å². The van der Waals surface area contributed by atoms with Crippen molar-refractivity contribution in [2.24, 2.45) is 14.1 Å². The summed E-state index contributed by atoms with van der Waals surface area (Å²) in [6.45, 7) is 0. The summed E-state index contributed by atoms with van der Waals surface area (Å²) in [5.41, 5.74) is -1.56. The molecule has 0 aliphatic heterocycles. The minimum Gasteiger partial charge on any atom is -0.308 e. The zero-order valence-corrected chi connectivity index (χ0v) is 13.8. The Hall–Kier alpha value is -3.10. The SMILES string of the molecule is Cn1c(=O)c2c(Cc3ccc(C(F)(F)F)cc3)cc(=O)[nH]c2n(C)c1=O. The second-order valence-electron chi connectivity index (χ2n) is 5.96. The van der Waals surface area contributed by atoms with E-state index in [2.05, 4.69) is 4.98 Å². The quantitative estimate of drug-likeness (QED) is 0.748. The van der Waals surface area contributed by atoms with Crippen LogP contribution in [0.15, 0.2) is 44.7 Å². The lowest BCUT2D eigenvalue weighted by Gasteiger charge is -2.11. The molecule has 0 amide bonds. The summed E-state index contributed by atoms with van der Waals surface area (Å²) in [7, 11) is 2.74. The highest BCUT2D eigenvalue weighted by Gasteiger charge is 2.29. The molecule has 0 radical (unpaired) electrons. The summed E-state index contributed by atoms with van der Waals surface area (Å²) in [5, 5.41) is 0.147. The Morgan fingerprint density at radius 3 is 2.19 bits per heavy atom. The largest absolute Gasteiger partial charge is 0.416 e. The van der Waals surface area contributed by atoms with Crippen molar-refractivity contribution in [2.45, 2.75) is 12.6 Å². The van der Waals surface area contributed by atoms with Crippen molar-refractivity contribution in [1.82, 2.24) is 14.1 Å². The predicted molar refractivity (Wildman–Crippen MR) is 89.3 cm³/mol. The van der Waals surface area contributed by atoms with Crippen LogP contribution in [-0.2, 0) is 26.7 Å². The molecule has 0 unspecified atom stereocenters. The molecule has 3 rings (SSSR count). The van der Waals surface area contributed by atoms with Gasteiger partial charge in [0.15, 0.2) is 0 Å². The van der Waals surface area contributed by atoms with Crippen LogP contribution < -0.4 is 16.8 Å². The van der Waals surface area contributed by atoms with Crippen molar-refractivity contribution < 1.29 is 13.2 Å². The van der Waals surface area contributed by atoms with Gasteiger partial charge in [-0.2, -0.15) is 13.2 Å². The second kappa shape index (κ2) is 6.01. The molecule has 0 saturated heterocycles. The number of alkyl halides is 3. The van der Waals surface area contributed by atoms with Crippen LogP contribution in [0.4, 0.5) is 13.2 Å². The Bertz CT molecular complexity index is 1170. The van der Waals surface area contributed by atoms with E-state index in [4.69, 9.17) is 0 Å². The molecular weight excluding hydrogens is 351 g/mol. The Morgan fingerprint density at radius 2 is 1.62 bits per heavy atom. The van der Waals surface area contributed by atoms with Gasteiger partial charge in [0.25, 0.3) is 5.56 Å². The second-order valence-corrected chi connectivity index (χ2v) is 5.96. The van der Waals surface area contributed by atoms with Gasteiger partial charge in [0.2, 0.25) is 5.56 Å². The van der Waals surface area contributed by atoms with Crippen molar-refractivity contribution in [3.8, 4) is 0 Å². The summed E-state index contributed by atoms with van der Waals surface area (Å²) in [5.74, 6) is 0. The van der Waals surface area contributed by atoms with Gasteiger partial charge in [0, 0.05) is 20.2 Å². The van der Waals surface area contributed by atoms with E-state index in [9.17, 15) is 27.6 Å². The highest BCUT2D eigenvalue weighted by molar-refractivity contribution is 5.78. The molecule has 6 nitrogen and oxygen atoms in total. The van der Waals surface area contributed by atoms with E-state index in [0.717, 1.165) is 21.3 Å². The van der Waals surface area contributed by atoms with Crippen molar-refractivity contribution in [2.75, 3.05) is 0 Å². The topological polar surface area (TPSA) is 76.9 Å². The summed E-state index contributed by atoms with van der Waals surface area (Å²) >= 11 is 0. The normalized spacial score (nSPS) is 11.9. The van der Waals surface area contributed by atoms with Crippen molar-refractivity contribution in [3.05, 3.63) is 78.2 Å². The standard InChI is InChI=1S/C17H14F3N3O3/c1-22-14-13(15(25)23(2)16(22)26)10(8-12(24)21-14)7-9-3-5-11(6-4-9)17(18,19)20/h3-6,8H,7H2,1-2H3,(H,21,24). The van der Waals surface area contributed by atoms with Crippen LogP contribution in [0.2, 0.25) is 0 Å². The molecular formula is C17H14F3N3O3. The third-order valence-corrected chi connectivity index (χ3v) is 4.21. The van der Waals surface area contributed by atoms with Crippen molar-refractivity contribution in [3.63, 3.8) is 0 Å². The van der Waals surface area contributed by atoms with Crippen LogP contribution in [0.5, 0.6) is 0 Å². The first-order valence-electron chi connectivity index (χ1n) is 7.57. The Kier molecular flexibility index (Phi) is 4.09. The maximum atomic E-state index is 12.7. The van der Waals surface area contributed by atoms with Crippen LogP contribution in [-0.4, -0.2) is 14.1 Å². The number of rotatable bonds is 2. The molecule has 0 bridgehead atoms. The average Bonchev–Trinajstić information content (AvgIpc) is 2.57. The first-order valence-corrected chi connectivity index (χ1v) is 7.57. The molecule has 1 N–H and O–H groups in total. The third kappa shape index (κ3) is 2.96. The molecule has 3 aromatic rings. The number of nitrogens with zero attached hydrogens (tertiary/aromatic N) is 2. The molecule has 0 aliphatic rings. The molecule has 0 fully saturated rings. The van der Waals surface area contributed by atoms with E-state index in [1.807, 2.05) is 0 Å². The van der Waals surface area contributed by atoms with Crippen LogP contribution in [0.3, 0.4) is 0 Å². The fourth-order valence-corrected chi connectivity index (χ4v) is 2.83. The lowest BCUT2D eigenvalue weighted by molar-refractivity contribution is -0.137. The Morgan fingerprint density at radius 1 is 1.00 bits per heavy atom. The van der Waals surface area contributed by atoms with Crippen LogP contribution >= 0.6 is 0 Å². The lowest BCUT2D eigenvalue weighted by Crippen LogP contribution is -2.38. The van der Waals surface area contributed by atoms with Gasteiger partial charge in [-0.15, -0.1) is 0 Å². The van der Waals surface area contributed by atoms with Crippen LogP contribution in [0.1, 0.15) is 16.7 Å². The summed E-state index contributed by atoms with van der Waals surface area (Å²) in [6, 6.07) is 5.69. The number of fused-ring (bicyclic) bond motifs is 1. The number of aromatic amines is 1. The van der Waals surface area contributed by atoms with E-state index >= 15 is 0 Å². The van der Waals surface area contributed by atoms with E-state index in [-0.39, 0.29) is 17.5 Å². The third-order valence-electron chi connectivity index (χ3n) is 4.21. The number of hydrogen-bond donors (Lipinski definition) is 1. The van der Waals surface area contributed by atoms with Gasteiger partial charge >= 0.3 is 11.9 Å². The van der Waals surface area contributed by atoms with Gasteiger partial charge in [-0.3, -0.25) is 18.7 Å². The fourth-order valence-electron chi connectivity index (χ4n) is 2.83. The molecule has 136 valence electrons. The van der Waals surface area contributed by atoms with E-state index in [0.29, 0.717) is 11.1 Å². The van der Waals surface area contributed by atoms with E-state index in [1.54, 1.807) is 0 Å². The van der Waals surface area contributed by atoms with Crippen LogP contribution in [0, 0.1) is 0 Å². The van der Waals surface area contributed by atoms with Crippen molar-refractivity contribution in [1.29, 1.82) is 0 Å². The first-order chi connectivity index (χ1) is 12.1. The number of aryl methyl sites for hydroxylation is 1. The molecule has 2 aromatic heterocycles. The average molecular weight is 365 g/mol. The molecule has 26 heavy (non-hydrogen) atoms. The number of hydrogen-bond acceptors (Lipinski definition) is 3. The van der Waals surface area contributed by atoms with Gasteiger partial charge in [-0.1, -0.05) is 12.1 Å². The van der Waals surface area contributed by atoms with Crippen molar-refractivity contribution >= 4 is 11.0 Å². The molecule has 2 heterocycles. The minimum absolute atomic E-state index is 0.0754. The molecule has 0 spiro atoms. The number of H-pyrrole nitrogens is 1. The number of nitrogens with one attached hydrogen (secondary N) is 1. The van der Waals surface area contributed by atoms with Gasteiger partial charge in [0.05, 0.1) is 10.9 Å². The smallest absolute Gasteiger partial charge is 0.308 e. The molecule has 9 heteroatoms. The minimum atomic E-state index is -4.44. The highest BCUT2D eigenvalue weighted by Crippen LogP contribution is 2.29. The van der Waals surface area contributed by atoms with E-state index < -0.39 is 28.5 Å². The number of benzene rings is 1. The lowest BCUT2D eigenvalue weighted by atomic mass is 10.0.